The molecule has 1 aliphatic rings. The molecule has 2 aromatic rings. The molecule has 0 unspecified atom stereocenters. The summed E-state index contributed by atoms with van der Waals surface area (Å²) in [5.41, 5.74) is 2.16. The first-order valence-corrected chi connectivity index (χ1v) is 8.35. The standard InChI is InChI=1S/C19H20ClNO3/c1-23-17-6-7-18-14(11-17)10-15(12-24-18)19(22)21-9-8-13-2-4-16(20)5-3-13/h2-7,11,15H,8-10,12H2,1H3,(H,21,22)/t15-/m1/s1. The Morgan fingerprint density at radius 1 is 1.29 bits per heavy atom. The average molecular weight is 346 g/mol. The quantitative estimate of drug-likeness (QED) is 0.904. The average Bonchev–Trinajstić information content (AvgIpc) is 2.62. The maximum Gasteiger partial charge on any atom is 0.226 e. The molecular formula is C19H20ClNO3. The Balaban J connectivity index is 1.53. The van der Waals surface area contributed by atoms with Gasteiger partial charge in [0.1, 0.15) is 18.1 Å². The van der Waals surface area contributed by atoms with Gasteiger partial charge in [-0.2, -0.15) is 0 Å². The fourth-order valence-electron chi connectivity index (χ4n) is 2.79. The summed E-state index contributed by atoms with van der Waals surface area (Å²) < 4.78 is 10.9. The first-order valence-electron chi connectivity index (χ1n) is 7.97. The second-order valence-corrected chi connectivity index (χ2v) is 6.29. The van der Waals surface area contributed by atoms with Crippen LogP contribution in [0.5, 0.6) is 11.5 Å². The fourth-order valence-corrected chi connectivity index (χ4v) is 2.92. The van der Waals surface area contributed by atoms with Crippen LogP contribution in [0.25, 0.3) is 0 Å². The normalized spacial score (nSPS) is 16.0. The van der Waals surface area contributed by atoms with Crippen molar-refractivity contribution in [2.24, 2.45) is 5.92 Å². The van der Waals surface area contributed by atoms with E-state index in [1.54, 1.807) is 7.11 Å². The first-order chi connectivity index (χ1) is 11.7. The molecule has 1 amide bonds. The monoisotopic (exact) mass is 345 g/mol. The summed E-state index contributed by atoms with van der Waals surface area (Å²) in [5, 5.41) is 3.71. The van der Waals surface area contributed by atoms with Gasteiger partial charge in [-0.05, 0) is 54.3 Å². The van der Waals surface area contributed by atoms with Crippen molar-refractivity contribution in [1.82, 2.24) is 5.32 Å². The van der Waals surface area contributed by atoms with Gasteiger partial charge in [-0.3, -0.25) is 4.79 Å². The summed E-state index contributed by atoms with van der Waals surface area (Å²) in [6.45, 7) is 1.01. The molecule has 2 aromatic carbocycles. The van der Waals surface area contributed by atoms with Crippen LogP contribution < -0.4 is 14.8 Å². The summed E-state index contributed by atoms with van der Waals surface area (Å²) in [6, 6.07) is 13.4. The van der Waals surface area contributed by atoms with E-state index in [0.717, 1.165) is 34.1 Å². The van der Waals surface area contributed by atoms with E-state index in [9.17, 15) is 4.79 Å². The van der Waals surface area contributed by atoms with Gasteiger partial charge >= 0.3 is 0 Å². The van der Waals surface area contributed by atoms with Crippen molar-refractivity contribution in [2.75, 3.05) is 20.3 Å². The molecule has 0 fully saturated rings. The lowest BCUT2D eigenvalue weighted by Gasteiger charge is -2.25. The number of benzene rings is 2. The molecule has 1 aliphatic heterocycles. The molecule has 3 rings (SSSR count). The van der Waals surface area contributed by atoms with Crippen molar-refractivity contribution >= 4 is 17.5 Å². The van der Waals surface area contributed by atoms with E-state index in [4.69, 9.17) is 21.1 Å². The molecule has 0 aliphatic carbocycles. The van der Waals surface area contributed by atoms with E-state index >= 15 is 0 Å². The smallest absolute Gasteiger partial charge is 0.226 e. The van der Waals surface area contributed by atoms with Gasteiger partial charge in [-0.1, -0.05) is 23.7 Å². The number of hydrogen-bond acceptors (Lipinski definition) is 3. The maximum absolute atomic E-state index is 12.4. The number of carbonyl (C=O) groups excluding carboxylic acids is 1. The SMILES string of the molecule is COc1ccc2c(c1)C[C@@H](C(=O)NCCc1ccc(Cl)cc1)CO2. The maximum atomic E-state index is 12.4. The fraction of sp³-hybridized carbons (Fsp3) is 0.316. The second kappa shape index (κ2) is 7.58. The zero-order valence-corrected chi connectivity index (χ0v) is 14.3. The van der Waals surface area contributed by atoms with Crippen molar-refractivity contribution in [3.8, 4) is 11.5 Å². The van der Waals surface area contributed by atoms with Gasteiger partial charge in [0.15, 0.2) is 0 Å². The van der Waals surface area contributed by atoms with Crippen LogP contribution in [0.2, 0.25) is 5.02 Å². The van der Waals surface area contributed by atoms with Gasteiger partial charge < -0.3 is 14.8 Å². The van der Waals surface area contributed by atoms with Gasteiger partial charge in [0.05, 0.1) is 13.0 Å². The minimum atomic E-state index is -0.171. The van der Waals surface area contributed by atoms with Crippen molar-refractivity contribution in [3.63, 3.8) is 0 Å². The summed E-state index contributed by atoms with van der Waals surface area (Å²) in [6.07, 6.45) is 1.44. The molecule has 1 atom stereocenters. The van der Waals surface area contributed by atoms with Crippen LogP contribution in [0.3, 0.4) is 0 Å². The third kappa shape index (κ3) is 4.01. The lowest BCUT2D eigenvalue weighted by molar-refractivity contribution is -0.126. The minimum absolute atomic E-state index is 0.0254. The second-order valence-electron chi connectivity index (χ2n) is 5.85. The number of nitrogens with one attached hydrogen (secondary N) is 1. The number of rotatable bonds is 5. The van der Waals surface area contributed by atoms with Gasteiger partial charge in [-0.15, -0.1) is 0 Å². The predicted octanol–water partition coefficient (Wildman–Crippen LogP) is 3.26. The Morgan fingerprint density at radius 2 is 2.08 bits per heavy atom. The highest BCUT2D eigenvalue weighted by Crippen LogP contribution is 2.30. The summed E-state index contributed by atoms with van der Waals surface area (Å²) in [5.74, 6) is 1.47. The van der Waals surface area contributed by atoms with E-state index in [-0.39, 0.29) is 11.8 Å². The van der Waals surface area contributed by atoms with Crippen LogP contribution in [-0.2, 0) is 17.6 Å². The summed E-state index contributed by atoms with van der Waals surface area (Å²) >= 11 is 5.87. The molecule has 0 saturated carbocycles. The molecule has 126 valence electrons. The first kappa shape index (κ1) is 16.7. The van der Waals surface area contributed by atoms with Gasteiger partial charge in [0, 0.05) is 11.6 Å². The van der Waals surface area contributed by atoms with Crippen molar-refractivity contribution < 1.29 is 14.3 Å². The third-order valence-electron chi connectivity index (χ3n) is 4.17. The van der Waals surface area contributed by atoms with Gasteiger partial charge in [-0.25, -0.2) is 0 Å². The topological polar surface area (TPSA) is 47.6 Å². The molecule has 0 bridgehead atoms. The molecule has 1 N–H and O–H groups in total. The Morgan fingerprint density at radius 3 is 2.83 bits per heavy atom. The number of halogens is 1. The Bertz CT molecular complexity index is 715. The van der Waals surface area contributed by atoms with Crippen LogP contribution in [0.15, 0.2) is 42.5 Å². The van der Waals surface area contributed by atoms with Crippen molar-refractivity contribution in [1.29, 1.82) is 0 Å². The molecule has 1 heterocycles. The zero-order chi connectivity index (χ0) is 16.9. The number of methoxy groups -OCH3 is 1. The predicted molar refractivity (Wildman–Crippen MR) is 93.8 cm³/mol. The van der Waals surface area contributed by atoms with Crippen molar-refractivity contribution in [2.45, 2.75) is 12.8 Å². The number of fused-ring (bicyclic) bond motifs is 1. The summed E-state index contributed by atoms with van der Waals surface area (Å²) in [7, 11) is 1.63. The lowest BCUT2D eigenvalue weighted by Crippen LogP contribution is -2.38. The number of carbonyl (C=O) groups is 1. The van der Waals surface area contributed by atoms with Gasteiger partial charge in [0.25, 0.3) is 0 Å². The van der Waals surface area contributed by atoms with Crippen LogP contribution in [0, 0.1) is 5.92 Å². The van der Waals surface area contributed by atoms with Crippen LogP contribution in [0.1, 0.15) is 11.1 Å². The number of hydrogen-bond donors (Lipinski definition) is 1. The molecule has 0 saturated heterocycles. The van der Waals surface area contributed by atoms with Crippen LogP contribution in [-0.4, -0.2) is 26.2 Å². The Hall–Kier alpha value is -2.20. The molecular weight excluding hydrogens is 326 g/mol. The Kier molecular flexibility index (Phi) is 5.26. The van der Waals surface area contributed by atoms with Crippen LogP contribution >= 0.6 is 11.6 Å². The van der Waals surface area contributed by atoms with Gasteiger partial charge in [0.2, 0.25) is 5.91 Å². The largest absolute Gasteiger partial charge is 0.497 e. The van der Waals surface area contributed by atoms with Crippen molar-refractivity contribution in [3.05, 3.63) is 58.6 Å². The molecule has 0 aromatic heterocycles. The van der Waals surface area contributed by atoms with E-state index in [0.29, 0.717) is 19.6 Å². The van der Waals surface area contributed by atoms with E-state index in [2.05, 4.69) is 5.32 Å². The number of amides is 1. The number of ether oxygens (including phenoxy) is 2. The highest BCUT2D eigenvalue weighted by Gasteiger charge is 2.26. The van der Waals surface area contributed by atoms with E-state index < -0.39 is 0 Å². The molecule has 5 heteroatoms. The minimum Gasteiger partial charge on any atom is -0.497 e. The molecule has 0 radical (unpaired) electrons. The summed E-state index contributed by atoms with van der Waals surface area (Å²) in [4.78, 5) is 12.4. The van der Waals surface area contributed by atoms with E-state index in [1.807, 2.05) is 42.5 Å². The van der Waals surface area contributed by atoms with E-state index in [1.165, 1.54) is 0 Å². The lowest BCUT2D eigenvalue weighted by atomic mass is 9.95. The highest BCUT2D eigenvalue weighted by molar-refractivity contribution is 6.30. The Labute approximate surface area is 146 Å². The molecule has 4 nitrogen and oxygen atoms in total. The zero-order valence-electron chi connectivity index (χ0n) is 13.5. The third-order valence-corrected chi connectivity index (χ3v) is 4.42. The highest BCUT2D eigenvalue weighted by atomic mass is 35.5. The molecule has 0 spiro atoms. The van der Waals surface area contributed by atoms with Crippen LogP contribution in [0.4, 0.5) is 0 Å². The molecule has 24 heavy (non-hydrogen) atoms.